The van der Waals surface area contributed by atoms with Gasteiger partial charge in [0.15, 0.2) is 0 Å². The van der Waals surface area contributed by atoms with Crippen LogP contribution in [0.4, 0.5) is 5.00 Å². The molecular formula is C19H24ClN3O5S. The second kappa shape index (κ2) is 9.41. The Balaban J connectivity index is 2.40. The van der Waals surface area contributed by atoms with Gasteiger partial charge >= 0.3 is 11.9 Å². The van der Waals surface area contributed by atoms with Crippen LogP contribution in [0.3, 0.4) is 0 Å². The summed E-state index contributed by atoms with van der Waals surface area (Å²) in [6, 6.07) is -0.690. The van der Waals surface area contributed by atoms with Crippen molar-refractivity contribution in [2.75, 3.05) is 11.9 Å². The first kappa shape index (κ1) is 22.9. The average molecular weight is 442 g/mol. The number of halogens is 1. The van der Waals surface area contributed by atoms with Gasteiger partial charge in [-0.15, -0.1) is 11.3 Å². The van der Waals surface area contributed by atoms with Crippen LogP contribution < -0.4 is 5.32 Å². The van der Waals surface area contributed by atoms with Crippen LogP contribution in [0.5, 0.6) is 0 Å². The minimum absolute atomic E-state index is 0.141. The molecule has 2 aromatic rings. The molecule has 2 aromatic heterocycles. The summed E-state index contributed by atoms with van der Waals surface area (Å²) in [6.07, 6.45) is 1.10. The second-order valence-corrected chi connectivity index (χ2v) is 8.05. The van der Waals surface area contributed by atoms with Gasteiger partial charge in [0.2, 0.25) is 5.91 Å². The summed E-state index contributed by atoms with van der Waals surface area (Å²) in [5, 5.41) is 7.51. The van der Waals surface area contributed by atoms with E-state index < -0.39 is 23.9 Å². The molecule has 0 saturated heterocycles. The van der Waals surface area contributed by atoms with Gasteiger partial charge in [-0.25, -0.2) is 9.59 Å². The Labute approximate surface area is 178 Å². The highest BCUT2D eigenvalue weighted by Gasteiger charge is 2.29. The Hall–Kier alpha value is -2.39. The normalized spacial score (nSPS) is 12.0. The Morgan fingerprint density at radius 3 is 2.41 bits per heavy atom. The van der Waals surface area contributed by atoms with Crippen molar-refractivity contribution < 1.29 is 23.9 Å². The number of rotatable bonds is 7. The zero-order valence-electron chi connectivity index (χ0n) is 17.2. The van der Waals surface area contributed by atoms with Gasteiger partial charge in [0.05, 0.1) is 35.2 Å². The number of hydrogen-bond donors (Lipinski definition) is 1. The van der Waals surface area contributed by atoms with Crippen molar-refractivity contribution in [3.05, 3.63) is 32.9 Å². The number of anilines is 1. The van der Waals surface area contributed by atoms with Crippen LogP contribution in [0.25, 0.3) is 0 Å². The maximum absolute atomic E-state index is 12.8. The van der Waals surface area contributed by atoms with E-state index in [4.69, 9.17) is 21.1 Å². The molecule has 0 bridgehead atoms. The molecule has 0 aromatic carbocycles. The molecule has 0 spiro atoms. The SMILES string of the molecule is CCOC(=O)c1sc(NC(=O)C(C)n2ncc(Cl)c2C)c(C(=O)OC(C)C)c1C. The molecule has 0 aliphatic rings. The molecule has 10 heteroatoms. The van der Waals surface area contributed by atoms with E-state index in [-0.39, 0.29) is 28.2 Å². The van der Waals surface area contributed by atoms with E-state index in [1.54, 1.807) is 41.5 Å². The number of amides is 1. The Bertz CT molecular complexity index is 935. The predicted molar refractivity (Wildman–Crippen MR) is 111 cm³/mol. The third-order valence-electron chi connectivity index (χ3n) is 4.12. The number of aromatic nitrogens is 2. The fraction of sp³-hybridized carbons (Fsp3) is 0.474. The van der Waals surface area contributed by atoms with E-state index in [2.05, 4.69) is 10.4 Å². The quantitative estimate of drug-likeness (QED) is 0.647. The minimum Gasteiger partial charge on any atom is -0.462 e. The second-order valence-electron chi connectivity index (χ2n) is 6.62. The van der Waals surface area contributed by atoms with Crippen LogP contribution >= 0.6 is 22.9 Å². The van der Waals surface area contributed by atoms with Gasteiger partial charge in [0.25, 0.3) is 0 Å². The van der Waals surface area contributed by atoms with E-state index >= 15 is 0 Å². The third kappa shape index (κ3) is 4.97. The number of nitrogens with zero attached hydrogens (tertiary/aromatic N) is 2. The average Bonchev–Trinajstić information content (AvgIpc) is 3.13. The van der Waals surface area contributed by atoms with Crippen LogP contribution in [0.15, 0.2) is 6.20 Å². The zero-order valence-corrected chi connectivity index (χ0v) is 18.7. The number of hydrogen-bond acceptors (Lipinski definition) is 7. The molecule has 0 saturated carbocycles. The number of carbonyl (C=O) groups is 3. The first-order valence-electron chi connectivity index (χ1n) is 9.10. The number of ether oxygens (including phenoxy) is 2. The Kier molecular flexibility index (Phi) is 7.43. The van der Waals surface area contributed by atoms with Crippen molar-refractivity contribution in [3.63, 3.8) is 0 Å². The highest BCUT2D eigenvalue weighted by atomic mass is 35.5. The Morgan fingerprint density at radius 1 is 1.24 bits per heavy atom. The predicted octanol–water partition coefficient (Wildman–Crippen LogP) is 4.16. The monoisotopic (exact) mass is 441 g/mol. The molecule has 1 atom stereocenters. The molecule has 0 radical (unpaired) electrons. The van der Waals surface area contributed by atoms with Gasteiger partial charge in [0, 0.05) is 0 Å². The highest BCUT2D eigenvalue weighted by Crippen LogP contribution is 2.35. The summed E-state index contributed by atoms with van der Waals surface area (Å²) in [5.41, 5.74) is 1.19. The highest BCUT2D eigenvalue weighted by molar-refractivity contribution is 7.18. The van der Waals surface area contributed by atoms with Gasteiger partial charge in [-0.3, -0.25) is 9.48 Å². The lowest BCUT2D eigenvalue weighted by Gasteiger charge is -2.15. The van der Waals surface area contributed by atoms with E-state index in [1.165, 1.54) is 10.9 Å². The molecule has 8 nitrogen and oxygen atoms in total. The van der Waals surface area contributed by atoms with Gasteiger partial charge < -0.3 is 14.8 Å². The van der Waals surface area contributed by atoms with Crippen molar-refractivity contribution in [1.82, 2.24) is 9.78 Å². The molecule has 158 valence electrons. The molecule has 29 heavy (non-hydrogen) atoms. The Morgan fingerprint density at radius 2 is 1.90 bits per heavy atom. The molecule has 0 aliphatic heterocycles. The van der Waals surface area contributed by atoms with Crippen molar-refractivity contribution >= 4 is 45.8 Å². The molecule has 2 rings (SSSR count). The molecule has 1 amide bonds. The maximum Gasteiger partial charge on any atom is 0.348 e. The van der Waals surface area contributed by atoms with Crippen LogP contribution in [-0.2, 0) is 14.3 Å². The molecule has 0 aliphatic carbocycles. The molecular weight excluding hydrogens is 418 g/mol. The fourth-order valence-corrected chi connectivity index (χ4v) is 3.85. The summed E-state index contributed by atoms with van der Waals surface area (Å²) in [6.45, 7) is 10.4. The van der Waals surface area contributed by atoms with E-state index in [0.717, 1.165) is 11.3 Å². The molecule has 1 N–H and O–H groups in total. The zero-order chi connectivity index (χ0) is 21.9. The number of thiophene rings is 1. The van der Waals surface area contributed by atoms with Gasteiger partial charge in [-0.1, -0.05) is 11.6 Å². The first-order chi connectivity index (χ1) is 13.6. The summed E-state index contributed by atoms with van der Waals surface area (Å²) < 4.78 is 11.8. The minimum atomic E-state index is -0.690. The summed E-state index contributed by atoms with van der Waals surface area (Å²) in [4.78, 5) is 37.9. The fourth-order valence-electron chi connectivity index (χ4n) is 2.63. The molecule has 1 unspecified atom stereocenters. The van der Waals surface area contributed by atoms with Gasteiger partial charge in [-0.2, -0.15) is 5.10 Å². The lowest BCUT2D eigenvalue weighted by Crippen LogP contribution is -2.26. The van der Waals surface area contributed by atoms with Crippen LogP contribution in [0, 0.1) is 13.8 Å². The van der Waals surface area contributed by atoms with Gasteiger partial charge in [0.1, 0.15) is 15.9 Å². The van der Waals surface area contributed by atoms with Crippen molar-refractivity contribution in [1.29, 1.82) is 0 Å². The summed E-state index contributed by atoms with van der Waals surface area (Å²) >= 11 is 6.99. The topological polar surface area (TPSA) is 99.5 Å². The summed E-state index contributed by atoms with van der Waals surface area (Å²) in [5.74, 6) is -1.59. The van der Waals surface area contributed by atoms with Gasteiger partial charge in [-0.05, 0) is 47.1 Å². The summed E-state index contributed by atoms with van der Waals surface area (Å²) in [7, 11) is 0. The number of nitrogens with one attached hydrogen (secondary N) is 1. The third-order valence-corrected chi connectivity index (χ3v) is 5.68. The molecule has 2 heterocycles. The van der Waals surface area contributed by atoms with E-state index in [0.29, 0.717) is 16.3 Å². The van der Waals surface area contributed by atoms with Crippen molar-refractivity contribution in [2.24, 2.45) is 0 Å². The lowest BCUT2D eigenvalue weighted by atomic mass is 10.1. The lowest BCUT2D eigenvalue weighted by molar-refractivity contribution is -0.119. The standard InChI is InChI=1S/C19H24ClN3O5S/c1-7-27-19(26)15-10(4)14(18(25)28-9(2)3)17(29-15)22-16(24)12(6)23-11(5)13(20)8-21-23/h8-9,12H,7H2,1-6H3,(H,22,24). The molecule has 0 fully saturated rings. The van der Waals surface area contributed by atoms with Crippen LogP contribution in [0.2, 0.25) is 5.02 Å². The smallest absolute Gasteiger partial charge is 0.348 e. The van der Waals surface area contributed by atoms with Crippen molar-refractivity contribution in [2.45, 2.75) is 53.7 Å². The van der Waals surface area contributed by atoms with Crippen molar-refractivity contribution in [3.8, 4) is 0 Å². The van der Waals surface area contributed by atoms with Crippen LogP contribution in [-0.4, -0.2) is 40.3 Å². The van der Waals surface area contributed by atoms with Crippen LogP contribution in [0.1, 0.15) is 65.0 Å². The van der Waals surface area contributed by atoms with E-state index in [9.17, 15) is 14.4 Å². The number of carbonyl (C=O) groups excluding carboxylic acids is 3. The number of esters is 2. The maximum atomic E-state index is 12.8. The van der Waals surface area contributed by atoms with E-state index in [1.807, 2.05) is 0 Å². The first-order valence-corrected chi connectivity index (χ1v) is 10.3. The largest absolute Gasteiger partial charge is 0.462 e.